The number of carbonyl (C=O) groups is 1. The predicted molar refractivity (Wildman–Crippen MR) is 67.8 cm³/mol. The number of nitrogens with one attached hydrogen (secondary N) is 1. The fraction of sp³-hybridized carbons (Fsp3) is 0.167. The monoisotopic (exact) mass is 302 g/mol. The van der Waals surface area contributed by atoms with Crippen LogP contribution in [0.25, 0.3) is 0 Å². The van der Waals surface area contributed by atoms with Gasteiger partial charge in [0.15, 0.2) is 28.3 Å². The van der Waals surface area contributed by atoms with E-state index in [9.17, 15) is 18.0 Å². The Hall–Kier alpha value is -2.09. The van der Waals surface area contributed by atoms with Crippen molar-refractivity contribution in [3.05, 3.63) is 40.2 Å². The number of methoxy groups -OCH3 is 1. The number of anilines is 2. The number of carbonyl (C=O) groups excluding carboxylic acids is 1. The van der Waals surface area contributed by atoms with Crippen molar-refractivity contribution in [3.8, 4) is 0 Å². The third-order valence-corrected chi connectivity index (χ3v) is 3.34. The first-order valence-electron chi connectivity index (χ1n) is 5.40. The molecule has 2 rings (SSSR count). The highest BCUT2D eigenvalue weighted by Crippen LogP contribution is 2.28. The van der Waals surface area contributed by atoms with Gasteiger partial charge in [0.05, 0.1) is 12.8 Å². The van der Waals surface area contributed by atoms with Gasteiger partial charge in [0, 0.05) is 4.88 Å². The van der Waals surface area contributed by atoms with Gasteiger partial charge in [0.1, 0.15) is 0 Å². The zero-order chi connectivity index (χ0) is 14.9. The molecule has 0 aliphatic carbocycles. The molecule has 0 atom stereocenters. The van der Waals surface area contributed by atoms with E-state index < -0.39 is 23.4 Å². The van der Waals surface area contributed by atoms with Gasteiger partial charge < -0.3 is 10.1 Å². The second kappa shape index (κ2) is 5.49. The third-order valence-electron chi connectivity index (χ3n) is 2.45. The molecular formula is C12H9F3N2O2S. The average molecular weight is 302 g/mol. The van der Waals surface area contributed by atoms with Gasteiger partial charge in [0.2, 0.25) is 0 Å². The van der Waals surface area contributed by atoms with E-state index >= 15 is 0 Å². The Balaban J connectivity index is 2.32. The summed E-state index contributed by atoms with van der Waals surface area (Å²) < 4.78 is 43.9. The van der Waals surface area contributed by atoms with Gasteiger partial charge in [0.25, 0.3) is 0 Å². The molecule has 106 valence electrons. The lowest BCUT2D eigenvalue weighted by atomic mass is 10.3. The van der Waals surface area contributed by atoms with Crippen LogP contribution in [0.5, 0.6) is 0 Å². The Kier molecular flexibility index (Phi) is 3.93. The molecule has 1 aromatic carbocycles. The number of halogens is 3. The van der Waals surface area contributed by atoms with Gasteiger partial charge in [-0.1, -0.05) is 0 Å². The topological polar surface area (TPSA) is 51.2 Å². The molecule has 0 radical (unpaired) electrons. The number of nitrogens with zero attached hydrogens (tertiary/aromatic N) is 1. The summed E-state index contributed by atoms with van der Waals surface area (Å²) in [6.45, 7) is 1.64. The van der Waals surface area contributed by atoms with Crippen molar-refractivity contribution in [3.63, 3.8) is 0 Å². The molecule has 2 aromatic rings. The molecule has 0 fully saturated rings. The van der Waals surface area contributed by atoms with Crippen molar-refractivity contribution < 1.29 is 22.7 Å². The Labute approximate surface area is 116 Å². The van der Waals surface area contributed by atoms with Gasteiger partial charge in [-0.2, -0.15) is 0 Å². The van der Waals surface area contributed by atoms with Crippen LogP contribution >= 0.6 is 11.3 Å². The van der Waals surface area contributed by atoms with Crippen LogP contribution in [0.2, 0.25) is 0 Å². The van der Waals surface area contributed by atoms with Crippen LogP contribution in [0, 0.1) is 24.4 Å². The van der Waals surface area contributed by atoms with Gasteiger partial charge in [-0.05, 0) is 19.1 Å². The molecule has 0 aliphatic heterocycles. The van der Waals surface area contributed by atoms with Crippen LogP contribution < -0.4 is 5.32 Å². The molecule has 0 bridgehead atoms. The highest BCUT2D eigenvalue weighted by Gasteiger charge is 2.18. The first kappa shape index (κ1) is 14.3. The molecule has 0 saturated heterocycles. The maximum absolute atomic E-state index is 13.5. The van der Waals surface area contributed by atoms with Crippen molar-refractivity contribution in [1.82, 2.24) is 4.98 Å². The maximum Gasteiger partial charge on any atom is 0.357 e. The molecule has 4 nitrogen and oxygen atoms in total. The van der Waals surface area contributed by atoms with E-state index in [0.717, 1.165) is 23.5 Å². The first-order chi connectivity index (χ1) is 9.43. The fourth-order valence-corrected chi connectivity index (χ4v) is 2.29. The summed E-state index contributed by atoms with van der Waals surface area (Å²) in [5.41, 5.74) is -0.183. The summed E-state index contributed by atoms with van der Waals surface area (Å²) in [5, 5.41) is 2.67. The molecule has 0 amide bonds. The standard InChI is InChI=1S/C12H9F3N2O2S/c1-5-10(11(18)19-2)17-12(20-5)16-7-4-3-6(13)8(14)9(7)15/h3-4H,1-2H3,(H,16,17). The summed E-state index contributed by atoms with van der Waals surface area (Å²) >= 11 is 1.07. The summed E-state index contributed by atoms with van der Waals surface area (Å²) in [6, 6.07) is 1.84. The molecule has 0 saturated carbocycles. The molecule has 1 heterocycles. The number of esters is 1. The number of hydrogen-bond acceptors (Lipinski definition) is 5. The van der Waals surface area contributed by atoms with Crippen molar-refractivity contribution in [2.45, 2.75) is 6.92 Å². The zero-order valence-electron chi connectivity index (χ0n) is 10.5. The predicted octanol–water partition coefficient (Wildman–Crippen LogP) is 3.40. The highest BCUT2D eigenvalue weighted by molar-refractivity contribution is 7.15. The zero-order valence-corrected chi connectivity index (χ0v) is 11.3. The van der Waals surface area contributed by atoms with Crippen LogP contribution in [0.1, 0.15) is 15.4 Å². The van der Waals surface area contributed by atoms with Crippen LogP contribution in [0.3, 0.4) is 0 Å². The number of rotatable bonds is 3. The Morgan fingerprint density at radius 1 is 1.30 bits per heavy atom. The number of aryl methyl sites for hydroxylation is 1. The summed E-state index contributed by atoms with van der Waals surface area (Å²) in [6.07, 6.45) is 0. The SMILES string of the molecule is COC(=O)c1nc(Nc2ccc(F)c(F)c2F)sc1C. The molecule has 20 heavy (non-hydrogen) atoms. The molecule has 0 aliphatic rings. The largest absolute Gasteiger partial charge is 0.464 e. The number of ether oxygens (including phenoxy) is 1. The molecule has 1 aromatic heterocycles. The van der Waals surface area contributed by atoms with E-state index in [2.05, 4.69) is 15.0 Å². The van der Waals surface area contributed by atoms with Crippen molar-refractivity contribution in [2.75, 3.05) is 12.4 Å². The van der Waals surface area contributed by atoms with E-state index in [-0.39, 0.29) is 16.5 Å². The fourth-order valence-electron chi connectivity index (χ4n) is 1.47. The summed E-state index contributed by atoms with van der Waals surface area (Å²) in [4.78, 5) is 15.9. The maximum atomic E-state index is 13.5. The Bertz CT molecular complexity index is 673. The second-order valence-electron chi connectivity index (χ2n) is 3.76. The molecule has 1 N–H and O–H groups in total. The normalized spacial score (nSPS) is 10.4. The highest BCUT2D eigenvalue weighted by atomic mass is 32.1. The van der Waals surface area contributed by atoms with E-state index in [1.807, 2.05) is 0 Å². The van der Waals surface area contributed by atoms with Crippen molar-refractivity contribution >= 4 is 28.1 Å². The van der Waals surface area contributed by atoms with Crippen LogP contribution in [-0.2, 0) is 4.74 Å². The van der Waals surface area contributed by atoms with Crippen LogP contribution in [0.4, 0.5) is 24.0 Å². The molecular weight excluding hydrogens is 293 g/mol. The number of aromatic nitrogens is 1. The van der Waals surface area contributed by atoms with Crippen LogP contribution in [-0.4, -0.2) is 18.1 Å². The van der Waals surface area contributed by atoms with Crippen molar-refractivity contribution in [2.24, 2.45) is 0 Å². The minimum Gasteiger partial charge on any atom is -0.464 e. The lowest BCUT2D eigenvalue weighted by Crippen LogP contribution is -2.04. The lowest BCUT2D eigenvalue weighted by Gasteiger charge is -2.05. The Morgan fingerprint density at radius 3 is 2.65 bits per heavy atom. The number of thiazole rings is 1. The second-order valence-corrected chi connectivity index (χ2v) is 4.97. The number of benzene rings is 1. The molecule has 0 spiro atoms. The summed E-state index contributed by atoms with van der Waals surface area (Å²) in [7, 11) is 1.21. The van der Waals surface area contributed by atoms with E-state index in [4.69, 9.17) is 0 Å². The van der Waals surface area contributed by atoms with Gasteiger partial charge in [-0.3, -0.25) is 0 Å². The smallest absolute Gasteiger partial charge is 0.357 e. The van der Waals surface area contributed by atoms with Crippen molar-refractivity contribution in [1.29, 1.82) is 0 Å². The lowest BCUT2D eigenvalue weighted by molar-refractivity contribution is 0.0594. The van der Waals surface area contributed by atoms with Gasteiger partial charge >= 0.3 is 5.97 Å². The molecule has 8 heteroatoms. The van der Waals surface area contributed by atoms with E-state index in [1.54, 1.807) is 6.92 Å². The van der Waals surface area contributed by atoms with E-state index in [1.165, 1.54) is 7.11 Å². The minimum atomic E-state index is -1.57. The first-order valence-corrected chi connectivity index (χ1v) is 6.22. The Morgan fingerprint density at radius 2 is 2.00 bits per heavy atom. The van der Waals surface area contributed by atoms with E-state index in [0.29, 0.717) is 4.88 Å². The quantitative estimate of drug-likeness (QED) is 0.697. The summed E-state index contributed by atoms with van der Waals surface area (Å²) in [5.74, 6) is -4.83. The van der Waals surface area contributed by atoms with Crippen LogP contribution in [0.15, 0.2) is 12.1 Å². The number of hydrogen-bond donors (Lipinski definition) is 1. The average Bonchev–Trinajstić information content (AvgIpc) is 2.79. The van der Waals surface area contributed by atoms with Gasteiger partial charge in [-0.25, -0.2) is 22.9 Å². The van der Waals surface area contributed by atoms with Gasteiger partial charge in [-0.15, -0.1) is 11.3 Å². The minimum absolute atomic E-state index is 0.0861. The third kappa shape index (κ3) is 2.60. The molecule has 0 unspecified atom stereocenters.